The van der Waals surface area contributed by atoms with Gasteiger partial charge in [0.05, 0.1) is 5.52 Å². The number of ether oxygens (including phenoxy) is 2. The highest BCUT2D eigenvalue weighted by Gasteiger charge is 2.21. The zero-order valence-electron chi connectivity index (χ0n) is 14.5. The second kappa shape index (κ2) is 7.44. The van der Waals surface area contributed by atoms with E-state index in [1.165, 1.54) is 6.07 Å². The van der Waals surface area contributed by atoms with Crippen molar-refractivity contribution in [3.8, 4) is 16.9 Å². The predicted octanol–water partition coefficient (Wildman–Crippen LogP) is 4.47. The molecular formula is C20H18F2N2O3. The van der Waals surface area contributed by atoms with Crippen molar-refractivity contribution in [2.75, 3.05) is 13.2 Å². The van der Waals surface area contributed by atoms with Crippen LogP contribution < -0.4 is 4.74 Å². The molecule has 0 bridgehead atoms. The number of benzene rings is 1. The molecule has 7 heteroatoms. The Morgan fingerprint density at radius 1 is 1.26 bits per heavy atom. The fraction of sp³-hybridized carbons (Fsp3) is 0.300. The third-order valence-electron chi connectivity index (χ3n) is 4.81. The van der Waals surface area contributed by atoms with Crippen molar-refractivity contribution in [1.29, 1.82) is 0 Å². The molecule has 1 saturated heterocycles. The standard InChI is InChI=1S/C20H18F2N2O3/c21-20(22)27-16-3-1-2-13(8-16)18-11-24(15-4-6-26-7-5-15)19-9-14(12-25)23-10-17(18)19/h1-3,8-12,15,20H,4-7H2. The van der Waals surface area contributed by atoms with Gasteiger partial charge in [-0.3, -0.25) is 9.78 Å². The quantitative estimate of drug-likeness (QED) is 0.620. The van der Waals surface area contributed by atoms with Crippen LogP contribution in [0, 0.1) is 0 Å². The molecule has 0 spiro atoms. The number of rotatable bonds is 5. The first-order valence-corrected chi connectivity index (χ1v) is 8.74. The van der Waals surface area contributed by atoms with Crippen molar-refractivity contribution in [3.63, 3.8) is 0 Å². The highest BCUT2D eigenvalue weighted by atomic mass is 19.3. The van der Waals surface area contributed by atoms with Gasteiger partial charge in [0.15, 0.2) is 6.29 Å². The van der Waals surface area contributed by atoms with E-state index in [0.717, 1.165) is 41.2 Å². The summed E-state index contributed by atoms with van der Waals surface area (Å²) in [6, 6.07) is 8.62. The topological polar surface area (TPSA) is 53.3 Å². The van der Waals surface area contributed by atoms with Crippen molar-refractivity contribution in [2.45, 2.75) is 25.5 Å². The molecule has 3 aromatic rings. The molecule has 2 aromatic heterocycles. The van der Waals surface area contributed by atoms with Crippen LogP contribution >= 0.6 is 0 Å². The molecule has 0 saturated carbocycles. The molecule has 4 rings (SSSR count). The summed E-state index contributed by atoms with van der Waals surface area (Å²) in [4.78, 5) is 15.4. The minimum Gasteiger partial charge on any atom is -0.435 e. The van der Waals surface area contributed by atoms with E-state index >= 15 is 0 Å². The van der Waals surface area contributed by atoms with E-state index in [0.29, 0.717) is 18.9 Å². The Morgan fingerprint density at radius 2 is 2.07 bits per heavy atom. The fourth-order valence-corrected chi connectivity index (χ4v) is 3.56. The minimum absolute atomic E-state index is 0.104. The zero-order valence-corrected chi connectivity index (χ0v) is 14.5. The normalized spacial score (nSPS) is 15.4. The van der Waals surface area contributed by atoms with Gasteiger partial charge in [0, 0.05) is 42.6 Å². The summed E-state index contributed by atoms with van der Waals surface area (Å²) in [7, 11) is 0. The second-order valence-corrected chi connectivity index (χ2v) is 6.44. The van der Waals surface area contributed by atoms with Crippen molar-refractivity contribution >= 4 is 17.2 Å². The van der Waals surface area contributed by atoms with Gasteiger partial charge in [0.1, 0.15) is 11.4 Å². The number of carbonyl (C=O) groups is 1. The SMILES string of the molecule is O=Cc1cc2c(cn1)c(-c1cccc(OC(F)F)c1)cn2C1CCOCC1. The Hall–Kier alpha value is -2.80. The number of nitrogens with zero attached hydrogens (tertiary/aromatic N) is 2. The number of hydrogen-bond acceptors (Lipinski definition) is 4. The fourth-order valence-electron chi connectivity index (χ4n) is 3.56. The molecule has 1 fully saturated rings. The lowest BCUT2D eigenvalue weighted by atomic mass is 10.1. The zero-order chi connectivity index (χ0) is 18.8. The number of halogens is 2. The molecule has 27 heavy (non-hydrogen) atoms. The smallest absolute Gasteiger partial charge is 0.387 e. The maximum Gasteiger partial charge on any atom is 0.387 e. The van der Waals surface area contributed by atoms with Crippen molar-refractivity contribution < 1.29 is 23.0 Å². The van der Waals surface area contributed by atoms with Crippen molar-refractivity contribution in [1.82, 2.24) is 9.55 Å². The Bertz CT molecular complexity index is 965. The lowest BCUT2D eigenvalue weighted by Gasteiger charge is -2.24. The molecule has 1 aromatic carbocycles. The van der Waals surface area contributed by atoms with Gasteiger partial charge in [0.25, 0.3) is 0 Å². The molecule has 3 heterocycles. The van der Waals surface area contributed by atoms with Gasteiger partial charge in [-0.25, -0.2) is 0 Å². The van der Waals surface area contributed by atoms with Gasteiger partial charge < -0.3 is 14.0 Å². The molecular weight excluding hydrogens is 354 g/mol. The highest BCUT2D eigenvalue weighted by Crippen LogP contribution is 2.36. The van der Waals surface area contributed by atoms with E-state index in [4.69, 9.17) is 4.74 Å². The molecule has 140 valence electrons. The number of aromatic nitrogens is 2. The van der Waals surface area contributed by atoms with Gasteiger partial charge >= 0.3 is 6.61 Å². The molecule has 0 radical (unpaired) electrons. The Kier molecular flexibility index (Phi) is 4.85. The van der Waals surface area contributed by atoms with E-state index < -0.39 is 6.61 Å². The van der Waals surface area contributed by atoms with Crippen molar-refractivity contribution in [2.24, 2.45) is 0 Å². The summed E-state index contributed by atoms with van der Waals surface area (Å²) < 4.78 is 37.2. The third-order valence-corrected chi connectivity index (χ3v) is 4.81. The first kappa shape index (κ1) is 17.6. The minimum atomic E-state index is -2.87. The van der Waals surface area contributed by atoms with Crippen LogP contribution in [0.3, 0.4) is 0 Å². The van der Waals surface area contributed by atoms with E-state index in [9.17, 15) is 13.6 Å². The largest absolute Gasteiger partial charge is 0.435 e. The number of carbonyl (C=O) groups excluding carboxylic acids is 1. The van der Waals surface area contributed by atoms with E-state index in [2.05, 4.69) is 14.3 Å². The highest BCUT2D eigenvalue weighted by molar-refractivity contribution is 5.97. The molecule has 0 amide bonds. The Labute approximate surface area is 154 Å². The summed E-state index contributed by atoms with van der Waals surface area (Å²) in [5.74, 6) is 0.104. The van der Waals surface area contributed by atoms with Crippen LogP contribution in [0.1, 0.15) is 29.4 Å². The third kappa shape index (κ3) is 3.55. The number of aldehydes is 1. The van der Waals surface area contributed by atoms with Gasteiger partial charge in [-0.05, 0) is 36.6 Å². The van der Waals surface area contributed by atoms with Crippen LogP contribution in [-0.2, 0) is 4.74 Å². The number of fused-ring (bicyclic) bond motifs is 1. The first-order valence-electron chi connectivity index (χ1n) is 8.74. The average molecular weight is 372 g/mol. The number of pyridine rings is 1. The lowest BCUT2D eigenvalue weighted by molar-refractivity contribution is -0.0498. The summed E-state index contributed by atoms with van der Waals surface area (Å²) in [6.07, 6.45) is 6.12. The Morgan fingerprint density at radius 3 is 2.81 bits per heavy atom. The van der Waals surface area contributed by atoms with E-state index in [1.54, 1.807) is 24.4 Å². The number of hydrogen-bond donors (Lipinski definition) is 0. The summed E-state index contributed by atoms with van der Waals surface area (Å²) in [5, 5.41) is 0.862. The van der Waals surface area contributed by atoms with Gasteiger partial charge in [-0.1, -0.05) is 12.1 Å². The average Bonchev–Trinajstić information content (AvgIpc) is 3.07. The number of alkyl halides is 2. The van der Waals surface area contributed by atoms with Crippen LogP contribution in [0.4, 0.5) is 8.78 Å². The molecule has 1 aliphatic heterocycles. The molecule has 5 nitrogen and oxygen atoms in total. The van der Waals surface area contributed by atoms with Crippen LogP contribution in [0.2, 0.25) is 0 Å². The van der Waals surface area contributed by atoms with Gasteiger partial charge in [0.2, 0.25) is 0 Å². The molecule has 1 aliphatic rings. The summed E-state index contributed by atoms with van der Waals surface area (Å²) in [5.41, 5.74) is 2.87. The lowest BCUT2D eigenvalue weighted by Crippen LogP contribution is -2.18. The van der Waals surface area contributed by atoms with Crippen LogP contribution in [-0.4, -0.2) is 35.7 Å². The van der Waals surface area contributed by atoms with Gasteiger partial charge in [-0.15, -0.1) is 0 Å². The Balaban J connectivity index is 1.84. The van der Waals surface area contributed by atoms with Crippen molar-refractivity contribution in [3.05, 3.63) is 48.4 Å². The first-order chi connectivity index (χ1) is 13.2. The van der Waals surface area contributed by atoms with E-state index in [-0.39, 0.29) is 11.8 Å². The van der Waals surface area contributed by atoms with E-state index in [1.807, 2.05) is 12.3 Å². The maximum atomic E-state index is 12.6. The molecule has 0 aliphatic carbocycles. The molecule has 0 N–H and O–H groups in total. The summed E-state index contributed by atoms with van der Waals surface area (Å²) in [6.45, 7) is -1.51. The molecule has 0 unspecified atom stereocenters. The van der Waals surface area contributed by atoms with Gasteiger partial charge in [-0.2, -0.15) is 8.78 Å². The predicted molar refractivity (Wildman–Crippen MR) is 96.3 cm³/mol. The maximum absolute atomic E-state index is 12.6. The summed E-state index contributed by atoms with van der Waals surface area (Å²) >= 11 is 0. The monoisotopic (exact) mass is 372 g/mol. The second-order valence-electron chi connectivity index (χ2n) is 6.44. The van der Waals surface area contributed by atoms with Crippen LogP contribution in [0.15, 0.2) is 42.7 Å². The molecule has 0 atom stereocenters. The van der Waals surface area contributed by atoms with Crippen LogP contribution in [0.25, 0.3) is 22.0 Å². The van der Waals surface area contributed by atoms with Crippen LogP contribution in [0.5, 0.6) is 5.75 Å².